The summed E-state index contributed by atoms with van der Waals surface area (Å²) in [6.07, 6.45) is 1.54. The summed E-state index contributed by atoms with van der Waals surface area (Å²) in [5.74, 6) is 0.310. The Labute approximate surface area is 90.4 Å². The molecule has 0 radical (unpaired) electrons. The zero-order valence-corrected chi connectivity index (χ0v) is 9.71. The van der Waals surface area contributed by atoms with Gasteiger partial charge in [0.15, 0.2) is 0 Å². The lowest BCUT2D eigenvalue weighted by Crippen LogP contribution is -1.96. The topological polar surface area (TPSA) is 12.0 Å². The Morgan fingerprint density at radius 2 is 2.14 bits per heavy atom. The second-order valence-corrected chi connectivity index (χ2v) is 4.12. The minimum Gasteiger partial charge on any atom is -0.297 e. The van der Waals surface area contributed by atoms with E-state index < -0.39 is 0 Å². The normalized spacial score (nSPS) is 11.7. The molecule has 0 amide bonds. The van der Waals surface area contributed by atoms with Crippen LogP contribution in [0.2, 0.25) is 0 Å². The lowest BCUT2D eigenvalue weighted by atomic mass is 10.4. The second kappa shape index (κ2) is 6.99. The van der Waals surface area contributed by atoms with E-state index in [1.165, 1.54) is 11.8 Å². The van der Waals surface area contributed by atoms with Crippen molar-refractivity contribution in [3.63, 3.8) is 0 Å². The summed E-state index contributed by atoms with van der Waals surface area (Å²) in [7, 11) is 2.34. The van der Waals surface area contributed by atoms with E-state index >= 15 is 0 Å². The molecule has 4 heteroatoms. The Morgan fingerprint density at radius 3 is 2.79 bits per heavy atom. The highest BCUT2D eigenvalue weighted by Gasteiger charge is 1.96. The number of thioether (sulfide) groups is 1. The fraction of sp³-hybridized carbons (Fsp3) is 0.200. The van der Waals surface area contributed by atoms with Crippen LogP contribution in [-0.4, -0.2) is 12.3 Å². The van der Waals surface area contributed by atoms with Crippen molar-refractivity contribution in [1.82, 2.24) is 5.09 Å². The summed E-state index contributed by atoms with van der Waals surface area (Å²) < 4.78 is 13.1. The van der Waals surface area contributed by atoms with Crippen LogP contribution in [0.5, 0.6) is 0 Å². The minimum atomic E-state index is -0.0891. The van der Waals surface area contributed by atoms with Crippen molar-refractivity contribution in [3.8, 4) is 0 Å². The van der Waals surface area contributed by atoms with E-state index in [0.29, 0.717) is 12.3 Å². The summed E-state index contributed by atoms with van der Waals surface area (Å²) in [6.45, 7) is 0.547. The van der Waals surface area contributed by atoms with Gasteiger partial charge in [-0.2, -0.15) is 0 Å². The Bertz CT molecular complexity index is 289. The largest absolute Gasteiger partial charge is 0.297 e. The Balaban J connectivity index is 2.34. The molecule has 0 aliphatic rings. The highest BCUT2D eigenvalue weighted by Crippen LogP contribution is 2.20. The average molecular weight is 229 g/mol. The van der Waals surface area contributed by atoms with Crippen molar-refractivity contribution in [1.29, 1.82) is 0 Å². The van der Waals surface area contributed by atoms with Crippen LogP contribution >= 0.6 is 21.2 Å². The molecule has 0 fully saturated rings. The Morgan fingerprint density at radius 1 is 1.43 bits per heavy atom. The summed E-state index contributed by atoms with van der Waals surface area (Å²) in [5, 5.41) is 2.79. The third-order valence-corrected chi connectivity index (χ3v) is 2.82. The summed E-state index contributed by atoms with van der Waals surface area (Å²) >= 11 is 1.50. The molecule has 0 aromatic heterocycles. The van der Waals surface area contributed by atoms with Gasteiger partial charge in [0.1, 0.15) is 5.83 Å². The molecule has 1 rings (SSSR count). The van der Waals surface area contributed by atoms with Gasteiger partial charge in [0.2, 0.25) is 0 Å². The lowest BCUT2D eigenvalue weighted by Gasteiger charge is -1.99. The van der Waals surface area contributed by atoms with Crippen molar-refractivity contribution in [2.24, 2.45) is 0 Å². The summed E-state index contributed by atoms with van der Waals surface area (Å²) in [6, 6.07) is 9.81. The van der Waals surface area contributed by atoms with Crippen LogP contribution in [0.25, 0.3) is 0 Å². The molecule has 1 aromatic carbocycles. The maximum absolute atomic E-state index is 13.1. The van der Waals surface area contributed by atoms with Gasteiger partial charge < -0.3 is 0 Å². The fourth-order valence-electron chi connectivity index (χ4n) is 0.898. The maximum atomic E-state index is 13.1. The molecular formula is C10H13FNPS. The van der Waals surface area contributed by atoms with Gasteiger partial charge in [-0.1, -0.05) is 27.6 Å². The average Bonchev–Trinajstić information content (AvgIpc) is 2.25. The van der Waals surface area contributed by atoms with E-state index in [1.807, 2.05) is 30.3 Å². The third kappa shape index (κ3) is 4.75. The summed E-state index contributed by atoms with van der Waals surface area (Å²) in [5.41, 5.74) is 0. The molecule has 0 aliphatic carbocycles. The van der Waals surface area contributed by atoms with E-state index in [-0.39, 0.29) is 5.83 Å². The molecular weight excluding hydrogens is 216 g/mol. The zero-order valence-electron chi connectivity index (χ0n) is 7.74. The van der Waals surface area contributed by atoms with E-state index in [4.69, 9.17) is 0 Å². The predicted molar refractivity (Wildman–Crippen MR) is 64.1 cm³/mol. The molecule has 0 spiro atoms. The number of hydrogen-bond donors (Lipinski definition) is 1. The van der Waals surface area contributed by atoms with Crippen molar-refractivity contribution < 1.29 is 4.39 Å². The fourth-order valence-corrected chi connectivity index (χ4v) is 1.79. The van der Waals surface area contributed by atoms with Gasteiger partial charge >= 0.3 is 0 Å². The first-order valence-electron chi connectivity index (χ1n) is 4.29. The first kappa shape index (κ1) is 11.7. The van der Waals surface area contributed by atoms with E-state index in [9.17, 15) is 4.39 Å². The predicted octanol–water partition coefficient (Wildman–Crippen LogP) is 3.01. The van der Waals surface area contributed by atoms with Crippen LogP contribution in [0.15, 0.2) is 47.1 Å². The SMILES string of the molecule is F/C(=C\CNP)CSc1ccccc1. The van der Waals surface area contributed by atoms with E-state index in [2.05, 4.69) is 14.5 Å². The molecule has 1 unspecified atom stereocenters. The highest BCUT2D eigenvalue weighted by atomic mass is 32.2. The zero-order chi connectivity index (χ0) is 10.2. The third-order valence-electron chi connectivity index (χ3n) is 1.56. The number of halogens is 1. The van der Waals surface area contributed by atoms with Crippen molar-refractivity contribution >= 4 is 21.2 Å². The molecule has 0 aliphatic heterocycles. The van der Waals surface area contributed by atoms with Gasteiger partial charge in [0, 0.05) is 17.2 Å². The molecule has 76 valence electrons. The number of hydrogen-bond acceptors (Lipinski definition) is 2. The van der Waals surface area contributed by atoms with Crippen molar-refractivity contribution in [2.45, 2.75) is 4.90 Å². The monoisotopic (exact) mass is 229 g/mol. The first-order valence-corrected chi connectivity index (χ1v) is 5.85. The van der Waals surface area contributed by atoms with Gasteiger partial charge in [-0.05, 0) is 18.2 Å². The van der Waals surface area contributed by atoms with Crippen molar-refractivity contribution in [3.05, 3.63) is 42.2 Å². The van der Waals surface area contributed by atoms with E-state index in [1.54, 1.807) is 6.08 Å². The molecule has 0 saturated carbocycles. The molecule has 1 atom stereocenters. The van der Waals surface area contributed by atoms with Gasteiger partial charge in [0.05, 0.1) is 0 Å². The van der Waals surface area contributed by atoms with Gasteiger partial charge in [-0.25, -0.2) is 4.39 Å². The second-order valence-electron chi connectivity index (χ2n) is 2.66. The molecule has 0 heterocycles. The van der Waals surface area contributed by atoms with Crippen LogP contribution in [-0.2, 0) is 0 Å². The smallest absolute Gasteiger partial charge is 0.107 e. The van der Waals surface area contributed by atoms with Gasteiger partial charge in [0.25, 0.3) is 0 Å². The van der Waals surface area contributed by atoms with Crippen LogP contribution in [0, 0.1) is 0 Å². The molecule has 1 nitrogen and oxygen atoms in total. The quantitative estimate of drug-likeness (QED) is 0.615. The van der Waals surface area contributed by atoms with Crippen molar-refractivity contribution in [2.75, 3.05) is 12.3 Å². The summed E-state index contributed by atoms with van der Waals surface area (Å²) in [4.78, 5) is 1.09. The number of nitrogens with one attached hydrogen (secondary N) is 1. The Hall–Kier alpha value is -0.370. The minimum absolute atomic E-state index is 0.0891. The Kier molecular flexibility index (Phi) is 5.85. The molecule has 1 N–H and O–H groups in total. The van der Waals surface area contributed by atoms with Crippen LogP contribution < -0.4 is 5.09 Å². The van der Waals surface area contributed by atoms with Crippen LogP contribution in [0.4, 0.5) is 4.39 Å². The maximum Gasteiger partial charge on any atom is 0.107 e. The van der Waals surface area contributed by atoms with Gasteiger partial charge in [-0.3, -0.25) is 5.09 Å². The molecule has 0 saturated heterocycles. The molecule has 14 heavy (non-hydrogen) atoms. The first-order chi connectivity index (χ1) is 6.83. The molecule has 0 bridgehead atoms. The highest BCUT2D eigenvalue weighted by molar-refractivity contribution is 7.99. The van der Waals surface area contributed by atoms with Crippen LogP contribution in [0.1, 0.15) is 0 Å². The lowest BCUT2D eigenvalue weighted by molar-refractivity contribution is 0.639. The van der Waals surface area contributed by atoms with E-state index in [0.717, 1.165) is 4.90 Å². The molecule has 1 aromatic rings. The van der Waals surface area contributed by atoms with Crippen LogP contribution in [0.3, 0.4) is 0 Å². The number of benzene rings is 1. The van der Waals surface area contributed by atoms with Gasteiger partial charge in [-0.15, -0.1) is 11.8 Å². The standard InChI is InChI=1S/C10H13FNPS/c11-9(6-7-12-13)8-14-10-4-2-1-3-5-10/h1-6,12H,7-8,13H2/b9-6-. The number of rotatable bonds is 5.